The third kappa shape index (κ3) is 1.85. The Balaban J connectivity index is 2.26. The maximum Gasteiger partial charge on any atom is 0.254 e. The molecule has 0 atom stereocenters. The predicted octanol–water partition coefficient (Wildman–Crippen LogP) is 1.68. The molecule has 1 aromatic rings. The van der Waals surface area contributed by atoms with Crippen LogP contribution in [0.15, 0.2) is 18.2 Å². The van der Waals surface area contributed by atoms with E-state index in [0.29, 0.717) is 17.1 Å². The van der Waals surface area contributed by atoms with Crippen molar-refractivity contribution in [1.29, 1.82) is 0 Å². The van der Waals surface area contributed by atoms with Crippen molar-refractivity contribution in [1.82, 2.24) is 4.90 Å². The number of halogens is 1. The lowest BCUT2D eigenvalue weighted by molar-refractivity contribution is 0.0818. The maximum absolute atomic E-state index is 11.7. The van der Waals surface area contributed by atoms with Crippen LogP contribution in [0.25, 0.3) is 0 Å². The van der Waals surface area contributed by atoms with E-state index in [0.717, 1.165) is 0 Å². The number of rotatable bonds is 2. The Labute approximate surface area is 92.3 Å². The minimum absolute atomic E-state index is 0.136. The van der Waals surface area contributed by atoms with Crippen LogP contribution in [0, 0.1) is 0 Å². The minimum Gasteiger partial charge on any atom is -0.454 e. The summed E-state index contributed by atoms with van der Waals surface area (Å²) in [4.78, 5) is 13.1. The summed E-state index contributed by atoms with van der Waals surface area (Å²) in [6.45, 7) is 0.207. The Morgan fingerprint density at radius 2 is 2.20 bits per heavy atom. The second-order valence-corrected chi connectivity index (χ2v) is 3.43. The van der Waals surface area contributed by atoms with Crippen LogP contribution in [0.5, 0.6) is 11.5 Å². The van der Waals surface area contributed by atoms with E-state index in [1.54, 1.807) is 25.2 Å². The van der Waals surface area contributed by atoms with Gasteiger partial charge in [0.15, 0.2) is 11.5 Å². The number of hydrogen-bond acceptors (Lipinski definition) is 3. The summed E-state index contributed by atoms with van der Waals surface area (Å²) in [5, 5.41) is 0. The minimum atomic E-state index is -0.136. The van der Waals surface area contributed by atoms with Crippen LogP contribution in [0.2, 0.25) is 0 Å². The molecule has 15 heavy (non-hydrogen) atoms. The highest BCUT2D eigenvalue weighted by Crippen LogP contribution is 2.32. The number of alkyl halides is 1. The molecule has 1 aliphatic rings. The van der Waals surface area contributed by atoms with Crippen molar-refractivity contribution in [3.05, 3.63) is 23.8 Å². The van der Waals surface area contributed by atoms with Crippen molar-refractivity contribution < 1.29 is 14.3 Å². The van der Waals surface area contributed by atoms with Crippen LogP contribution < -0.4 is 9.47 Å². The zero-order valence-corrected chi connectivity index (χ0v) is 8.95. The maximum atomic E-state index is 11.7. The molecule has 0 saturated heterocycles. The summed E-state index contributed by atoms with van der Waals surface area (Å²) in [6.07, 6.45) is 0. The van der Waals surface area contributed by atoms with Crippen molar-refractivity contribution >= 4 is 17.5 Å². The number of carbonyl (C=O) groups is 1. The van der Waals surface area contributed by atoms with E-state index in [4.69, 9.17) is 21.1 Å². The first-order valence-corrected chi connectivity index (χ1v) is 4.97. The lowest BCUT2D eigenvalue weighted by Gasteiger charge is -2.13. The van der Waals surface area contributed by atoms with Gasteiger partial charge in [0.05, 0.1) is 6.00 Å². The molecule has 0 N–H and O–H groups in total. The summed E-state index contributed by atoms with van der Waals surface area (Å²) in [7, 11) is 1.64. The lowest BCUT2D eigenvalue weighted by Crippen LogP contribution is -2.25. The van der Waals surface area contributed by atoms with Gasteiger partial charge in [-0.2, -0.15) is 0 Å². The fraction of sp³-hybridized carbons (Fsp3) is 0.300. The van der Waals surface area contributed by atoms with E-state index < -0.39 is 0 Å². The number of amides is 1. The molecule has 5 heteroatoms. The largest absolute Gasteiger partial charge is 0.454 e. The van der Waals surface area contributed by atoms with Crippen LogP contribution in [-0.4, -0.2) is 30.7 Å². The van der Waals surface area contributed by atoms with Crippen molar-refractivity contribution in [2.75, 3.05) is 19.8 Å². The third-order valence-corrected chi connectivity index (χ3v) is 2.50. The standard InChI is InChI=1S/C10H10ClNO3/c1-12(5-11)10(13)7-2-3-8-9(4-7)15-6-14-8/h2-4H,5-6H2,1H3. The second kappa shape index (κ2) is 3.98. The molecular formula is C10H10ClNO3. The van der Waals surface area contributed by atoms with E-state index in [-0.39, 0.29) is 18.7 Å². The van der Waals surface area contributed by atoms with Crippen molar-refractivity contribution in [3.63, 3.8) is 0 Å². The molecule has 0 fully saturated rings. The Morgan fingerprint density at radius 1 is 1.47 bits per heavy atom. The van der Waals surface area contributed by atoms with Gasteiger partial charge in [0.25, 0.3) is 5.91 Å². The molecule has 80 valence electrons. The van der Waals surface area contributed by atoms with E-state index in [9.17, 15) is 4.79 Å². The zero-order valence-electron chi connectivity index (χ0n) is 8.20. The summed E-state index contributed by atoms with van der Waals surface area (Å²) < 4.78 is 10.3. The van der Waals surface area contributed by atoms with E-state index in [1.165, 1.54) is 4.90 Å². The Morgan fingerprint density at radius 3 is 2.93 bits per heavy atom. The quantitative estimate of drug-likeness (QED) is 0.570. The van der Waals surface area contributed by atoms with Crippen LogP contribution in [0.1, 0.15) is 10.4 Å². The van der Waals surface area contributed by atoms with Gasteiger partial charge in [0.1, 0.15) is 0 Å². The van der Waals surface area contributed by atoms with E-state index in [1.807, 2.05) is 0 Å². The second-order valence-electron chi connectivity index (χ2n) is 3.19. The van der Waals surface area contributed by atoms with Gasteiger partial charge in [-0.1, -0.05) is 0 Å². The Kier molecular flexibility index (Phi) is 2.68. The number of ether oxygens (including phenoxy) is 2. The molecule has 0 bridgehead atoms. The molecule has 0 aromatic heterocycles. The van der Waals surface area contributed by atoms with Gasteiger partial charge < -0.3 is 14.4 Å². The van der Waals surface area contributed by atoms with Crippen molar-refractivity contribution in [2.24, 2.45) is 0 Å². The summed E-state index contributed by atoms with van der Waals surface area (Å²) >= 11 is 5.56. The molecule has 2 rings (SSSR count). The highest BCUT2D eigenvalue weighted by atomic mass is 35.5. The van der Waals surface area contributed by atoms with Gasteiger partial charge in [0, 0.05) is 12.6 Å². The fourth-order valence-electron chi connectivity index (χ4n) is 1.30. The molecular weight excluding hydrogens is 218 g/mol. The summed E-state index contributed by atoms with van der Waals surface area (Å²) in [5.41, 5.74) is 0.544. The number of fused-ring (bicyclic) bond motifs is 1. The molecule has 0 saturated carbocycles. The van der Waals surface area contributed by atoms with Gasteiger partial charge >= 0.3 is 0 Å². The van der Waals surface area contributed by atoms with Gasteiger partial charge in [-0.25, -0.2) is 0 Å². The normalized spacial score (nSPS) is 12.7. The van der Waals surface area contributed by atoms with Crippen LogP contribution in [0.4, 0.5) is 0 Å². The van der Waals surface area contributed by atoms with Gasteiger partial charge in [-0.15, -0.1) is 11.6 Å². The van der Waals surface area contributed by atoms with Gasteiger partial charge in [-0.05, 0) is 18.2 Å². The van der Waals surface area contributed by atoms with Crippen LogP contribution in [-0.2, 0) is 0 Å². The first kappa shape index (κ1) is 10.1. The fourth-order valence-corrected chi connectivity index (χ4v) is 1.41. The predicted molar refractivity (Wildman–Crippen MR) is 55.4 cm³/mol. The molecule has 0 spiro atoms. The first-order valence-electron chi connectivity index (χ1n) is 4.43. The summed E-state index contributed by atoms with van der Waals surface area (Å²) in [6, 6.07) is 5.23. The van der Waals surface area contributed by atoms with Crippen molar-refractivity contribution in [3.8, 4) is 11.5 Å². The zero-order chi connectivity index (χ0) is 10.8. The number of nitrogens with zero attached hydrogens (tertiary/aromatic N) is 1. The molecule has 0 unspecified atom stereocenters. The lowest BCUT2D eigenvalue weighted by atomic mass is 10.2. The molecule has 1 aromatic carbocycles. The molecule has 1 heterocycles. The molecule has 1 aliphatic heterocycles. The van der Waals surface area contributed by atoms with E-state index in [2.05, 4.69) is 0 Å². The monoisotopic (exact) mass is 227 g/mol. The van der Waals surface area contributed by atoms with Gasteiger partial charge in [-0.3, -0.25) is 4.79 Å². The Bertz CT molecular complexity index is 394. The van der Waals surface area contributed by atoms with Crippen molar-refractivity contribution in [2.45, 2.75) is 0 Å². The van der Waals surface area contributed by atoms with Crippen LogP contribution >= 0.6 is 11.6 Å². The number of benzene rings is 1. The third-order valence-electron chi connectivity index (χ3n) is 2.15. The Hall–Kier alpha value is -1.42. The smallest absolute Gasteiger partial charge is 0.254 e. The first-order chi connectivity index (χ1) is 7.22. The molecule has 4 nitrogen and oxygen atoms in total. The topological polar surface area (TPSA) is 38.8 Å². The van der Waals surface area contributed by atoms with Crippen LogP contribution in [0.3, 0.4) is 0 Å². The van der Waals surface area contributed by atoms with E-state index >= 15 is 0 Å². The highest BCUT2D eigenvalue weighted by molar-refractivity contribution is 6.19. The average Bonchev–Trinajstić information content (AvgIpc) is 2.73. The number of hydrogen-bond donors (Lipinski definition) is 0. The molecule has 0 aliphatic carbocycles. The molecule has 1 amide bonds. The average molecular weight is 228 g/mol. The highest BCUT2D eigenvalue weighted by Gasteiger charge is 2.17. The molecule has 0 radical (unpaired) electrons. The SMILES string of the molecule is CN(CCl)C(=O)c1ccc2c(c1)OCO2. The summed E-state index contributed by atoms with van der Waals surface area (Å²) in [5.74, 6) is 1.13. The van der Waals surface area contributed by atoms with Gasteiger partial charge in [0.2, 0.25) is 6.79 Å². The number of carbonyl (C=O) groups excluding carboxylic acids is 1.